The van der Waals surface area contributed by atoms with Gasteiger partial charge in [0.15, 0.2) is 5.76 Å². The largest absolute Gasteiger partial charge is 0.452 e. The Morgan fingerprint density at radius 1 is 1.26 bits per heavy atom. The van der Waals surface area contributed by atoms with Gasteiger partial charge in [-0.25, -0.2) is 0 Å². The smallest absolute Gasteiger partial charge is 0.221 e. The minimum Gasteiger partial charge on any atom is -0.452 e. The monoisotopic (exact) mass is 268 g/mol. The van der Waals surface area contributed by atoms with E-state index in [-0.39, 0.29) is 5.78 Å². The Morgan fingerprint density at radius 3 is 2.84 bits per heavy atom. The minimum absolute atomic E-state index is 0.0973. The molecule has 2 aromatic heterocycles. The zero-order chi connectivity index (χ0) is 13.2. The number of hydrogen-bond acceptors (Lipinski definition) is 3. The third-order valence-corrected chi connectivity index (χ3v) is 3.74. The van der Waals surface area contributed by atoms with Gasteiger partial charge < -0.3 is 4.42 Å². The van der Waals surface area contributed by atoms with Gasteiger partial charge >= 0.3 is 0 Å². The van der Waals surface area contributed by atoms with E-state index >= 15 is 0 Å². The number of hydrogen-bond donors (Lipinski definition) is 0. The number of rotatable bonds is 3. The SMILES string of the molecule is Cc1c(C(=O)/C=C/c2ccsc2)oc2ccccc12. The fraction of sp³-hybridized carbons (Fsp3) is 0.0625. The second kappa shape index (κ2) is 4.86. The van der Waals surface area contributed by atoms with Crippen molar-refractivity contribution in [2.45, 2.75) is 6.92 Å². The van der Waals surface area contributed by atoms with Crippen LogP contribution in [-0.2, 0) is 0 Å². The van der Waals surface area contributed by atoms with Crippen LogP contribution in [0.1, 0.15) is 21.7 Å². The highest BCUT2D eigenvalue weighted by Gasteiger charge is 2.14. The molecule has 0 aliphatic rings. The van der Waals surface area contributed by atoms with Crippen LogP contribution in [0.4, 0.5) is 0 Å². The predicted molar refractivity (Wildman–Crippen MR) is 78.6 cm³/mol. The van der Waals surface area contributed by atoms with Crippen LogP contribution in [0.2, 0.25) is 0 Å². The molecule has 0 spiro atoms. The maximum atomic E-state index is 12.2. The third-order valence-electron chi connectivity index (χ3n) is 3.04. The van der Waals surface area contributed by atoms with Crippen LogP contribution in [0.3, 0.4) is 0 Å². The van der Waals surface area contributed by atoms with Crippen LogP contribution in [0.5, 0.6) is 0 Å². The lowest BCUT2D eigenvalue weighted by Crippen LogP contribution is -1.93. The number of carbonyl (C=O) groups is 1. The molecule has 0 bridgehead atoms. The first kappa shape index (κ1) is 11.9. The van der Waals surface area contributed by atoms with E-state index in [2.05, 4.69) is 0 Å². The van der Waals surface area contributed by atoms with Crippen molar-refractivity contribution in [3.63, 3.8) is 0 Å². The maximum absolute atomic E-state index is 12.2. The molecular formula is C16H12O2S. The Labute approximate surface area is 115 Å². The fourth-order valence-corrected chi connectivity index (χ4v) is 2.66. The average Bonchev–Trinajstić information content (AvgIpc) is 3.05. The van der Waals surface area contributed by atoms with Crippen molar-refractivity contribution >= 4 is 34.2 Å². The second-order valence-electron chi connectivity index (χ2n) is 4.31. The van der Waals surface area contributed by atoms with E-state index in [9.17, 15) is 4.79 Å². The van der Waals surface area contributed by atoms with Gasteiger partial charge in [0.05, 0.1) is 0 Å². The summed E-state index contributed by atoms with van der Waals surface area (Å²) in [6.45, 7) is 1.91. The van der Waals surface area contributed by atoms with Gasteiger partial charge in [0.25, 0.3) is 0 Å². The Morgan fingerprint density at radius 2 is 2.11 bits per heavy atom. The number of allylic oxidation sites excluding steroid dienone is 1. The van der Waals surface area contributed by atoms with E-state index in [1.165, 1.54) is 0 Å². The lowest BCUT2D eigenvalue weighted by Gasteiger charge is -1.91. The molecule has 0 aliphatic carbocycles. The van der Waals surface area contributed by atoms with Gasteiger partial charge in [0.1, 0.15) is 5.58 Å². The van der Waals surface area contributed by atoms with Crippen molar-refractivity contribution in [3.8, 4) is 0 Å². The Balaban J connectivity index is 1.96. The molecule has 0 atom stereocenters. The first-order valence-electron chi connectivity index (χ1n) is 5.98. The van der Waals surface area contributed by atoms with Crippen LogP contribution in [0.25, 0.3) is 17.0 Å². The van der Waals surface area contributed by atoms with Gasteiger partial charge in [-0.2, -0.15) is 11.3 Å². The van der Waals surface area contributed by atoms with Crippen LogP contribution < -0.4 is 0 Å². The van der Waals surface area contributed by atoms with Crippen molar-refractivity contribution in [2.24, 2.45) is 0 Å². The summed E-state index contributed by atoms with van der Waals surface area (Å²) in [6.07, 6.45) is 3.37. The van der Waals surface area contributed by atoms with E-state index in [1.807, 2.05) is 54.1 Å². The van der Waals surface area contributed by atoms with Crippen molar-refractivity contribution in [3.05, 3.63) is 64.1 Å². The summed E-state index contributed by atoms with van der Waals surface area (Å²) in [5.41, 5.74) is 2.69. The molecule has 2 nitrogen and oxygen atoms in total. The van der Waals surface area contributed by atoms with Gasteiger partial charge in [-0.1, -0.05) is 24.3 Å². The maximum Gasteiger partial charge on any atom is 0.221 e. The number of benzene rings is 1. The van der Waals surface area contributed by atoms with E-state index < -0.39 is 0 Å². The van der Waals surface area contributed by atoms with Crippen molar-refractivity contribution in [2.75, 3.05) is 0 Å². The Hall–Kier alpha value is -2.13. The van der Waals surface area contributed by atoms with Gasteiger partial charge in [-0.15, -0.1) is 0 Å². The molecule has 2 heterocycles. The molecule has 19 heavy (non-hydrogen) atoms. The molecule has 0 unspecified atom stereocenters. The number of aryl methyl sites for hydroxylation is 1. The molecule has 0 fully saturated rings. The average molecular weight is 268 g/mol. The Bertz CT molecular complexity index is 748. The van der Waals surface area contributed by atoms with Gasteiger partial charge in [-0.3, -0.25) is 4.79 Å². The summed E-state index contributed by atoms with van der Waals surface area (Å²) in [4.78, 5) is 12.2. The number of furan rings is 1. The topological polar surface area (TPSA) is 30.2 Å². The van der Waals surface area contributed by atoms with Crippen LogP contribution in [-0.4, -0.2) is 5.78 Å². The molecule has 0 saturated carbocycles. The highest BCUT2D eigenvalue weighted by Crippen LogP contribution is 2.25. The van der Waals surface area contributed by atoms with Crippen LogP contribution >= 0.6 is 11.3 Å². The molecule has 0 N–H and O–H groups in total. The normalized spacial score (nSPS) is 11.4. The number of thiophene rings is 1. The molecule has 0 saturated heterocycles. The summed E-state index contributed by atoms with van der Waals surface area (Å²) in [6, 6.07) is 9.66. The molecule has 3 heteroatoms. The van der Waals surface area contributed by atoms with E-state index in [0.29, 0.717) is 5.76 Å². The van der Waals surface area contributed by atoms with E-state index in [1.54, 1.807) is 17.4 Å². The van der Waals surface area contributed by atoms with Crippen LogP contribution in [0.15, 0.2) is 51.6 Å². The summed E-state index contributed by atoms with van der Waals surface area (Å²) in [5.74, 6) is 0.326. The number of fused-ring (bicyclic) bond motifs is 1. The molecule has 1 aromatic carbocycles. The molecule has 0 aliphatic heterocycles. The number of ketones is 1. The van der Waals surface area contributed by atoms with E-state index in [0.717, 1.165) is 22.1 Å². The standard InChI is InChI=1S/C16H12O2S/c1-11-13-4-2-3-5-15(13)18-16(11)14(17)7-6-12-8-9-19-10-12/h2-10H,1H3/b7-6+. The third kappa shape index (κ3) is 2.25. The summed E-state index contributed by atoms with van der Waals surface area (Å²) < 4.78 is 5.63. The quantitative estimate of drug-likeness (QED) is 0.509. The zero-order valence-electron chi connectivity index (χ0n) is 10.4. The molecule has 0 amide bonds. The second-order valence-corrected chi connectivity index (χ2v) is 5.09. The number of carbonyl (C=O) groups excluding carboxylic acids is 1. The molecular weight excluding hydrogens is 256 g/mol. The lowest BCUT2D eigenvalue weighted by molar-refractivity contribution is 0.102. The first-order chi connectivity index (χ1) is 9.25. The predicted octanol–water partition coefficient (Wildman–Crippen LogP) is 4.70. The summed E-state index contributed by atoms with van der Waals surface area (Å²) in [5, 5.41) is 4.97. The van der Waals surface area contributed by atoms with Crippen molar-refractivity contribution in [1.29, 1.82) is 0 Å². The molecule has 3 aromatic rings. The van der Waals surface area contributed by atoms with Crippen LogP contribution in [0, 0.1) is 6.92 Å². The summed E-state index contributed by atoms with van der Waals surface area (Å²) in [7, 11) is 0. The van der Waals surface area contributed by atoms with Crippen molar-refractivity contribution < 1.29 is 9.21 Å². The highest BCUT2D eigenvalue weighted by molar-refractivity contribution is 7.08. The highest BCUT2D eigenvalue weighted by atomic mass is 32.1. The molecule has 94 valence electrons. The Kier molecular flexibility index (Phi) is 3.05. The van der Waals surface area contributed by atoms with Gasteiger partial charge in [0.2, 0.25) is 5.78 Å². The van der Waals surface area contributed by atoms with Gasteiger partial charge in [-0.05, 0) is 41.5 Å². The van der Waals surface area contributed by atoms with Crippen molar-refractivity contribution in [1.82, 2.24) is 0 Å². The fourth-order valence-electron chi connectivity index (χ4n) is 2.03. The lowest BCUT2D eigenvalue weighted by atomic mass is 10.1. The molecule has 0 radical (unpaired) electrons. The summed E-state index contributed by atoms with van der Waals surface area (Å²) >= 11 is 1.61. The molecule has 3 rings (SSSR count). The van der Waals surface area contributed by atoms with E-state index in [4.69, 9.17) is 4.42 Å². The number of para-hydroxylation sites is 1. The van der Waals surface area contributed by atoms with Gasteiger partial charge in [0, 0.05) is 10.9 Å². The first-order valence-corrected chi connectivity index (χ1v) is 6.93. The zero-order valence-corrected chi connectivity index (χ0v) is 11.2. The minimum atomic E-state index is -0.0973.